The van der Waals surface area contributed by atoms with Crippen LogP contribution in [0.25, 0.3) is 0 Å². The van der Waals surface area contributed by atoms with Gasteiger partial charge in [-0.25, -0.2) is 0 Å². The molecule has 2 heteroatoms. The number of hydrogen-bond acceptors (Lipinski definition) is 2. The average molecular weight is 186 g/mol. The normalized spacial score (nSPS) is 12.6. The maximum Gasteiger partial charge on any atom is 0.0672 e. The molecule has 0 amide bonds. The second kappa shape index (κ2) is 5.18. The monoisotopic (exact) mass is 186 g/mol. The summed E-state index contributed by atoms with van der Waals surface area (Å²) in [6.45, 7) is 4.50. The molecule has 1 atom stereocenters. The number of nitriles is 1. The summed E-state index contributed by atoms with van der Waals surface area (Å²) in [7, 11) is 0. The molecule has 0 bridgehead atoms. The molecule has 0 spiro atoms. The molecule has 0 fully saturated rings. The summed E-state index contributed by atoms with van der Waals surface area (Å²) in [5.41, 5.74) is 2.33. The topological polar surface area (TPSA) is 36.1 Å². The molecular weight excluding hydrogens is 172 g/mol. The summed E-state index contributed by atoms with van der Waals surface area (Å²) in [6, 6.07) is 10.2. The van der Waals surface area contributed by atoms with Gasteiger partial charge in [0.2, 0.25) is 0 Å². The Bertz CT molecular complexity index is 361. The Balaban J connectivity index is 2.61. The minimum absolute atomic E-state index is 0.00438. The summed E-state index contributed by atoms with van der Waals surface area (Å²) in [6.07, 6.45) is 1.84. The number of nitrogens with zero attached hydrogens (tertiary/aromatic N) is 2. The van der Waals surface area contributed by atoms with Crippen molar-refractivity contribution in [3.05, 3.63) is 35.4 Å². The van der Waals surface area contributed by atoms with Gasteiger partial charge < -0.3 is 0 Å². The molecule has 0 aliphatic rings. The van der Waals surface area contributed by atoms with E-state index in [1.807, 2.05) is 31.3 Å². The van der Waals surface area contributed by atoms with Crippen molar-refractivity contribution in [2.45, 2.75) is 13.8 Å². The number of aryl methyl sites for hydroxylation is 1. The maximum atomic E-state index is 8.56. The molecular formula is C12H14N2. The van der Waals surface area contributed by atoms with Gasteiger partial charge in [-0.15, -0.1) is 0 Å². The molecule has 1 rings (SSSR count). The molecule has 1 unspecified atom stereocenters. The van der Waals surface area contributed by atoms with E-state index in [1.54, 1.807) is 0 Å². The van der Waals surface area contributed by atoms with Gasteiger partial charge in [-0.05, 0) is 25.0 Å². The van der Waals surface area contributed by atoms with Crippen LogP contribution in [0.4, 0.5) is 0 Å². The predicted molar refractivity (Wildman–Crippen MR) is 58.4 cm³/mol. The Morgan fingerprint density at radius 2 is 2.21 bits per heavy atom. The molecule has 14 heavy (non-hydrogen) atoms. The lowest BCUT2D eigenvalue weighted by Gasteiger charge is -1.98. The summed E-state index contributed by atoms with van der Waals surface area (Å²) >= 11 is 0. The Hall–Kier alpha value is -1.62. The van der Waals surface area contributed by atoms with Crippen molar-refractivity contribution in [2.75, 3.05) is 6.54 Å². The van der Waals surface area contributed by atoms with Crippen LogP contribution in [0.3, 0.4) is 0 Å². The van der Waals surface area contributed by atoms with Crippen LogP contribution < -0.4 is 0 Å². The van der Waals surface area contributed by atoms with Crippen LogP contribution in [0.5, 0.6) is 0 Å². The third kappa shape index (κ3) is 3.02. The largest absolute Gasteiger partial charge is 0.291 e. The summed E-state index contributed by atoms with van der Waals surface area (Å²) in [5, 5.41) is 8.56. The van der Waals surface area contributed by atoms with E-state index in [4.69, 9.17) is 5.26 Å². The smallest absolute Gasteiger partial charge is 0.0672 e. The van der Waals surface area contributed by atoms with Crippen molar-refractivity contribution in [2.24, 2.45) is 10.9 Å². The van der Waals surface area contributed by atoms with Gasteiger partial charge in [0.25, 0.3) is 0 Å². The van der Waals surface area contributed by atoms with E-state index < -0.39 is 0 Å². The van der Waals surface area contributed by atoms with Crippen LogP contribution in [0.1, 0.15) is 18.1 Å². The highest BCUT2D eigenvalue weighted by molar-refractivity contribution is 5.81. The summed E-state index contributed by atoms with van der Waals surface area (Å²) < 4.78 is 0. The molecule has 0 aromatic heterocycles. The summed E-state index contributed by atoms with van der Waals surface area (Å²) in [4.78, 5) is 4.23. The van der Waals surface area contributed by atoms with Gasteiger partial charge in [-0.3, -0.25) is 4.99 Å². The molecule has 0 aliphatic heterocycles. The average Bonchev–Trinajstić information content (AvgIpc) is 2.20. The minimum Gasteiger partial charge on any atom is -0.291 e. The quantitative estimate of drug-likeness (QED) is 0.668. The predicted octanol–water partition coefficient (Wildman–Crippen LogP) is 2.57. The Morgan fingerprint density at radius 1 is 1.50 bits per heavy atom. The van der Waals surface area contributed by atoms with Gasteiger partial charge in [0.1, 0.15) is 0 Å². The second-order valence-corrected chi connectivity index (χ2v) is 3.38. The zero-order chi connectivity index (χ0) is 10.4. The molecule has 0 aliphatic carbocycles. The maximum absolute atomic E-state index is 8.56. The van der Waals surface area contributed by atoms with Crippen molar-refractivity contribution in [3.63, 3.8) is 0 Å². The number of rotatable bonds is 3. The van der Waals surface area contributed by atoms with Gasteiger partial charge in [0.05, 0.1) is 18.5 Å². The zero-order valence-corrected chi connectivity index (χ0v) is 8.57. The van der Waals surface area contributed by atoms with Gasteiger partial charge in [0.15, 0.2) is 0 Å². The van der Waals surface area contributed by atoms with E-state index in [0.29, 0.717) is 6.54 Å². The van der Waals surface area contributed by atoms with Gasteiger partial charge in [-0.1, -0.05) is 24.3 Å². The minimum atomic E-state index is -0.00438. The van der Waals surface area contributed by atoms with Gasteiger partial charge >= 0.3 is 0 Å². The van der Waals surface area contributed by atoms with E-state index in [9.17, 15) is 0 Å². The number of benzene rings is 1. The van der Waals surface area contributed by atoms with Crippen molar-refractivity contribution < 1.29 is 0 Å². The van der Waals surface area contributed by atoms with E-state index in [2.05, 4.69) is 24.1 Å². The molecule has 2 nitrogen and oxygen atoms in total. The van der Waals surface area contributed by atoms with Crippen LogP contribution in [-0.2, 0) is 0 Å². The first-order valence-corrected chi connectivity index (χ1v) is 4.69. The fourth-order valence-electron chi connectivity index (χ4n) is 1.08. The molecule has 1 aromatic rings. The highest BCUT2D eigenvalue weighted by Gasteiger charge is 1.95. The van der Waals surface area contributed by atoms with Crippen LogP contribution in [-0.4, -0.2) is 12.8 Å². The van der Waals surface area contributed by atoms with E-state index in [0.717, 1.165) is 5.56 Å². The Kier molecular flexibility index (Phi) is 3.87. The SMILES string of the molecule is Cc1ccccc1C=NCC(C)C#N. The molecule has 0 heterocycles. The molecule has 0 saturated carbocycles. The molecule has 0 saturated heterocycles. The molecule has 1 aromatic carbocycles. The standard InChI is InChI=1S/C12H14N2/c1-10(7-13)8-14-9-12-6-4-3-5-11(12)2/h3-6,9-10H,8H2,1-2H3. The highest BCUT2D eigenvalue weighted by Crippen LogP contribution is 2.03. The first kappa shape index (κ1) is 10.5. The first-order chi connectivity index (χ1) is 6.74. The van der Waals surface area contributed by atoms with Crippen LogP contribution >= 0.6 is 0 Å². The van der Waals surface area contributed by atoms with Crippen LogP contribution in [0, 0.1) is 24.2 Å². The van der Waals surface area contributed by atoms with Crippen molar-refractivity contribution >= 4 is 6.21 Å². The fraction of sp³-hybridized carbons (Fsp3) is 0.333. The summed E-state index contributed by atoms with van der Waals surface area (Å²) in [5.74, 6) is -0.00438. The van der Waals surface area contributed by atoms with Crippen LogP contribution in [0.2, 0.25) is 0 Å². The number of aliphatic imine (C=N–C) groups is 1. The van der Waals surface area contributed by atoms with Crippen molar-refractivity contribution in [1.82, 2.24) is 0 Å². The van der Waals surface area contributed by atoms with Crippen molar-refractivity contribution in [3.8, 4) is 6.07 Å². The third-order valence-electron chi connectivity index (χ3n) is 2.02. The third-order valence-corrected chi connectivity index (χ3v) is 2.02. The van der Waals surface area contributed by atoms with E-state index >= 15 is 0 Å². The van der Waals surface area contributed by atoms with Crippen LogP contribution in [0.15, 0.2) is 29.3 Å². The zero-order valence-electron chi connectivity index (χ0n) is 8.57. The Labute approximate surface area is 84.9 Å². The molecule has 72 valence electrons. The van der Waals surface area contributed by atoms with E-state index in [-0.39, 0.29) is 5.92 Å². The fourth-order valence-corrected chi connectivity index (χ4v) is 1.08. The van der Waals surface area contributed by atoms with Crippen molar-refractivity contribution in [1.29, 1.82) is 5.26 Å². The van der Waals surface area contributed by atoms with E-state index in [1.165, 1.54) is 5.56 Å². The van der Waals surface area contributed by atoms with Gasteiger partial charge in [-0.2, -0.15) is 5.26 Å². The number of hydrogen-bond donors (Lipinski definition) is 0. The lowest BCUT2D eigenvalue weighted by molar-refractivity contribution is 0.759. The lowest BCUT2D eigenvalue weighted by Crippen LogP contribution is -1.95. The Morgan fingerprint density at radius 3 is 2.86 bits per heavy atom. The molecule has 0 radical (unpaired) electrons. The second-order valence-electron chi connectivity index (χ2n) is 3.38. The highest BCUT2D eigenvalue weighted by atomic mass is 14.7. The van der Waals surface area contributed by atoms with Gasteiger partial charge in [0, 0.05) is 6.21 Å². The first-order valence-electron chi connectivity index (χ1n) is 4.69. The lowest BCUT2D eigenvalue weighted by atomic mass is 10.1. The molecule has 0 N–H and O–H groups in total.